The molecule has 268 valence electrons. The molecule has 1 atom stereocenters. The predicted octanol–water partition coefficient (Wildman–Crippen LogP) is 4.91. The molecule has 13 nitrogen and oxygen atoms in total. The molecule has 3 amide bonds. The second-order valence-corrected chi connectivity index (χ2v) is 12.1. The molecule has 52 heavy (non-hydrogen) atoms. The lowest BCUT2D eigenvalue weighted by Crippen LogP contribution is -2.49. The first kappa shape index (κ1) is 37.3. The number of ether oxygens (including phenoxy) is 1. The van der Waals surface area contributed by atoms with Gasteiger partial charge in [0.15, 0.2) is 6.61 Å². The number of nitrogens with one attached hydrogen (secondary N) is 5. The van der Waals surface area contributed by atoms with E-state index in [0.29, 0.717) is 29.1 Å². The Hall–Kier alpha value is -5.92. The van der Waals surface area contributed by atoms with Gasteiger partial charge in [0.25, 0.3) is 5.91 Å². The normalized spacial score (nSPS) is 13.5. The number of nitrogens with zero attached hydrogens (tertiary/aromatic N) is 3. The molecule has 0 bridgehead atoms. The van der Waals surface area contributed by atoms with Gasteiger partial charge in [-0.2, -0.15) is 28.1 Å². The van der Waals surface area contributed by atoms with Crippen molar-refractivity contribution in [1.82, 2.24) is 25.6 Å². The van der Waals surface area contributed by atoms with Crippen molar-refractivity contribution < 1.29 is 37.1 Å². The highest BCUT2D eigenvalue weighted by Gasteiger charge is 2.45. The van der Waals surface area contributed by atoms with Crippen molar-refractivity contribution in [2.75, 3.05) is 29.1 Å². The fourth-order valence-electron chi connectivity index (χ4n) is 4.69. The summed E-state index contributed by atoms with van der Waals surface area (Å²) >= 11 is 11.7. The summed E-state index contributed by atoms with van der Waals surface area (Å²) in [5, 5.41) is 12.5. The van der Waals surface area contributed by atoms with Gasteiger partial charge in [0.1, 0.15) is 6.04 Å². The lowest BCUT2D eigenvalue weighted by molar-refractivity contribution is -0.154. The molecule has 5 rings (SSSR count). The maximum absolute atomic E-state index is 12.9. The smallest absolute Gasteiger partial charge is 0.422 e. The van der Waals surface area contributed by atoms with Crippen LogP contribution in [0.2, 0.25) is 5.02 Å². The highest BCUT2D eigenvalue weighted by atomic mass is 35.5. The third-order valence-electron chi connectivity index (χ3n) is 7.42. The molecule has 0 spiro atoms. The molecular weight excluding hydrogens is 728 g/mol. The Bertz CT molecular complexity index is 2020. The van der Waals surface area contributed by atoms with Crippen molar-refractivity contribution in [1.29, 1.82) is 0 Å². The van der Waals surface area contributed by atoms with Crippen LogP contribution in [0.1, 0.15) is 34.3 Å². The Labute approximate surface area is 304 Å². The summed E-state index contributed by atoms with van der Waals surface area (Å²) in [5.41, 5.74) is 1.46. The summed E-state index contributed by atoms with van der Waals surface area (Å²) in [5.74, 6) is -0.693. The van der Waals surface area contributed by atoms with E-state index < -0.39 is 59.9 Å². The number of terminal acetylenes is 1. The van der Waals surface area contributed by atoms with Crippen LogP contribution in [0.5, 0.6) is 6.01 Å². The standard InChI is InChI=1S/C34H27Cl2F3N8O5/c1-2-19-4-3-5-24(16-19)41-29(51)28(50)40-17-25(26(36)48)43-27(49)20-6-12-23(13-7-20)42-30-44-31(46-32(45-30)52-18-34(37,38)39)47-33(14-15-33)21-8-10-22(35)11-9-21/h1,3-13,16,25H,14-15,17-18H2,(H,40,50)(H,41,51)(H,43,49)(H2,42,44,45,46,47)/t25-/m0/s1. The number of anilines is 4. The first-order valence-electron chi connectivity index (χ1n) is 15.2. The molecule has 18 heteroatoms. The van der Waals surface area contributed by atoms with Gasteiger partial charge in [0.05, 0.1) is 5.54 Å². The van der Waals surface area contributed by atoms with Crippen LogP contribution in [0.15, 0.2) is 72.8 Å². The predicted molar refractivity (Wildman–Crippen MR) is 185 cm³/mol. The minimum Gasteiger partial charge on any atom is -0.454 e. The van der Waals surface area contributed by atoms with Crippen LogP contribution in [-0.4, -0.2) is 63.3 Å². The highest BCUT2D eigenvalue weighted by molar-refractivity contribution is 6.65. The van der Waals surface area contributed by atoms with Crippen molar-refractivity contribution in [3.8, 4) is 18.4 Å². The molecule has 5 N–H and O–H groups in total. The Morgan fingerprint density at radius 2 is 1.62 bits per heavy atom. The fraction of sp³-hybridized carbons (Fsp3) is 0.206. The minimum absolute atomic E-state index is 0.0439. The number of amides is 3. The van der Waals surface area contributed by atoms with Gasteiger partial charge < -0.3 is 31.3 Å². The number of hydrogen-bond acceptors (Lipinski definition) is 10. The van der Waals surface area contributed by atoms with Crippen molar-refractivity contribution in [3.05, 3.63) is 94.5 Å². The van der Waals surface area contributed by atoms with Crippen LogP contribution in [0.25, 0.3) is 0 Å². The molecule has 1 aliphatic rings. The zero-order chi connectivity index (χ0) is 37.5. The second-order valence-electron chi connectivity index (χ2n) is 11.3. The van der Waals surface area contributed by atoms with E-state index in [9.17, 15) is 32.3 Å². The van der Waals surface area contributed by atoms with Gasteiger partial charge in [-0.05, 0) is 84.6 Å². The summed E-state index contributed by atoms with van der Waals surface area (Å²) in [6, 6.07) is 16.9. The number of halogens is 5. The Kier molecular flexibility index (Phi) is 11.5. The summed E-state index contributed by atoms with van der Waals surface area (Å²) in [6.45, 7) is -2.13. The third-order valence-corrected chi connectivity index (χ3v) is 7.94. The SMILES string of the molecule is C#Cc1cccc(NC(=O)C(=O)NC[C@H](NC(=O)c2ccc(Nc3nc(NC4(c5ccc(Cl)cc5)CC4)nc(OCC(F)(F)F)n3)cc2)C(=O)Cl)c1. The van der Waals surface area contributed by atoms with E-state index in [2.05, 4.69) is 47.5 Å². The third kappa shape index (κ3) is 10.3. The molecule has 1 saturated carbocycles. The number of hydrogen-bond donors (Lipinski definition) is 5. The Morgan fingerprint density at radius 3 is 2.25 bits per heavy atom. The monoisotopic (exact) mass is 754 g/mol. The van der Waals surface area contributed by atoms with E-state index in [1.165, 1.54) is 36.4 Å². The first-order chi connectivity index (χ1) is 24.7. The number of aromatic nitrogens is 3. The van der Waals surface area contributed by atoms with Crippen molar-refractivity contribution >= 4 is 69.4 Å². The molecule has 1 aromatic heterocycles. The molecule has 4 aromatic rings. The quantitative estimate of drug-likeness (QED) is 0.0716. The van der Waals surface area contributed by atoms with E-state index in [1.54, 1.807) is 24.3 Å². The Balaban J connectivity index is 1.22. The van der Waals surface area contributed by atoms with Crippen LogP contribution < -0.4 is 31.3 Å². The number of carbonyl (C=O) groups is 4. The van der Waals surface area contributed by atoms with E-state index in [4.69, 9.17) is 34.4 Å². The molecule has 0 unspecified atom stereocenters. The number of carbonyl (C=O) groups excluding carboxylic acids is 4. The maximum Gasteiger partial charge on any atom is 0.422 e. The molecule has 1 heterocycles. The second kappa shape index (κ2) is 16.0. The lowest BCUT2D eigenvalue weighted by atomic mass is 10.1. The number of benzene rings is 3. The lowest BCUT2D eigenvalue weighted by Gasteiger charge is -2.19. The molecule has 0 saturated heterocycles. The van der Waals surface area contributed by atoms with E-state index in [-0.39, 0.29) is 23.1 Å². The minimum atomic E-state index is -4.64. The van der Waals surface area contributed by atoms with Crippen LogP contribution in [0, 0.1) is 12.3 Å². The first-order valence-corrected chi connectivity index (χ1v) is 16.0. The fourth-order valence-corrected chi connectivity index (χ4v) is 4.94. The van der Waals surface area contributed by atoms with Gasteiger partial charge in [-0.3, -0.25) is 19.2 Å². The van der Waals surface area contributed by atoms with Crippen LogP contribution in [0.4, 0.5) is 36.4 Å². The molecular formula is C34H27Cl2F3N8O5. The van der Waals surface area contributed by atoms with Crippen LogP contribution >= 0.6 is 23.2 Å². The van der Waals surface area contributed by atoms with E-state index in [1.807, 2.05) is 12.1 Å². The van der Waals surface area contributed by atoms with Crippen LogP contribution in [-0.2, 0) is 19.9 Å². The van der Waals surface area contributed by atoms with E-state index in [0.717, 1.165) is 5.56 Å². The summed E-state index contributed by atoms with van der Waals surface area (Å²) < 4.78 is 43.6. The zero-order valence-corrected chi connectivity index (χ0v) is 28.2. The highest BCUT2D eigenvalue weighted by Crippen LogP contribution is 2.48. The largest absolute Gasteiger partial charge is 0.454 e. The van der Waals surface area contributed by atoms with Gasteiger partial charge >= 0.3 is 24.0 Å². The molecule has 0 radical (unpaired) electrons. The van der Waals surface area contributed by atoms with Crippen molar-refractivity contribution in [2.45, 2.75) is 30.6 Å². The summed E-state index contributed by atoms with van der Waals surface area (Å²) in [7, 11) is 0. The van der Waals surface area contributed by atoms with Crippen molar-refractivity contribution in [3.63, 3.8) is 0 Å². The summed E-state index contributed by atoms with van der Waals surface area (Å²) in [6.07, 6.45) is 2.09. The van der Waals surface area contributed by atoms with Gasteiger partial charge in [0, 0.05) is 34.1 Å². The van der Waals surface area contributed by atoms with Crippen LogP contribution in [0.3, 0.4) is 0 Å². The van der Waals surface area contributed by atoms with Gasteiger partial charge in [-0.25, -0.2) is 0 Å². The molecule has 1 aliphatic carbocycles. The van der Waals surface area contributed by atoms with Gasteiger partial charge in [0.2, 0.25) is 17.1 Å². The molecule has 1 fully saturated rings. The topological polar surface area (TPSA) is 176 Å². The summed E-state index contributed by atoms with van der Waals surface area (Å²) in [4.78, 5) is 61.8. The molecule has 3 aromatic carbocycles. The molecule has 0 aliphatic heterocycles. The van der Waals surface area contributed by atoms with E-state index >= 15 is 0 Å². The maximum atomic E-state index is 12.9. The average Bonchev–Trinajstić information content (AvgIpc) is 3.89. The van der Waals surface area contributed by atoms with Crippen molar-refractivity contribution in [2.24, 2.45) is 0 Å². The van der Waals surface area contributed by atoms with Gasteiger partial charge in [-0.15, -0.1) is 6.42 Å². The average molecular weight is 756 g/mol. The zero-order valence-electron chi connectivity index (χ0n) is 26.7. The number of rotatable bonds is 13. The Morgan fingerprint density at radius 1 is 0.923 bits per heavy atom. The number of alkyl halides is 3. The van der Waals surface area contributed by atoms with Gasteiger partial charge in [-0.1, -0.05) is 35.7 Å².